The number of hydrogen-bond donors (Lipinski definition) is 1. The number of benzene rings is 6. The van der Waals surface area contributed by atoms with Crippen LogP contribution >= 0.6 is 11.3 Å². The fraction of sp³-hybridized carbons (Fsp3) is 0.0244. The number of rotatable bonds is 3. The van der Waals surface area contributed by atoms with Crippen molar-refractivity contribution in [1.29, 1.82) is 0 Å². The van der Waals surface area contributed by atoms with Crippen molar-refractivity contribution in [2.45, 2.75) is 0 Å². The van der Waals surface area contributed by atoms with Crippen LogP contribution in [0.4, 0.5) is 0 Å². The highest BCUT2D eigenvalue weighted by Crippen LogP contribution is 2.49. The molecule has 0 aliphatic carbocycles. The van der Waals surface area contributed by atoms with Crippen LogP contribution in [-0.2, 0) is 0 Å². The summed E-state index contributed by atoms with van der Waals surface area (Å²) >= 11 is 1.77. The van der Waals surface area contributed by atoms with E-state index in [0.717, 1.165) is 34.7 Å². The van der Waals surface area contributed by atoms with Gasteiger partial charge in [-0.2, -0.15) is 0 Å². The Morgan fingerprint density at radius 3 is 2.16 bits per heavy atom. The number of hydrogen-bond acceptors (Lipinski definition) is 3. The highest BCUT2D eigenvalue weighted by atomic mass is 32.1. The van der Waals surface area contributed by atoms with E-state index in [1.165, 1.54) is 59.6 Å². The summed E-state index contributed by atoms with van der Waals surface area (Å²) in [5, 5.41) is 9.52. The molecule has 0 amide bonds. The van der Waals surface area contributed by atoms with Crippen molar-refractivity contribution in [3.63, 3.8) is 0 Å². The Bertz CT molecular complexity index is 2370. The summed E-state index contributed by atoms with van der Waals surface area (Å²) in [6.07, 6.45) is 2.25. The number of ether oxygens (including phenoxy) is 1. The molecule has 9 rings (SSSR count). The molecule has 0 unspecified atom stereocenters. The van der Waals surface area contributed by atoms with E-state index in [4.69, 9.17) is 4.74 Å². The third-order valence-corrected chi connectivity index (χ3v) is 9.68. The van der Waals surface area contributed by atoms with Crippen LogP contribution in [0, 0.1) is 0 Å². The van der Waals surface area contributed by atoms with Crippen molar-refractivity contribution in [2.24, 2.45) is 0 Å². The van der Waals surface area contributed by atoms with Crippen molar-refractivity contribution in [3.8, 4) is 56.0 Å². The van der Waals surface area contributed by atoms with Crippen molar-refractivity contribution >= 4 is 33.2 Å². The van der Waals surface area contributed by atoms with Gasteiger partial charge >= 0.3 is 0 Å². The van der Waals surface area contributed by atoms with Crippen LogP contribution < -0.4 is 20.5 Å². The largest absolute Gasteiger partial charge is 0.456 e. The highest BCUT2D eigenvalue weighted by Gasteiger charge is 2.23. The van der Waals surface area contributed by atoms with Gasteiger partial charge in [-0.3, -0.25) is 0 Å². The summed E-state index contributed by atoms with van der Waals surface area (Å²) in [5.74, 6) is 1.78. The fourth-order valence-corrected chi connectivity index (χ4v) is 7.49. The molecule has 0 saturated carbocycles. The molecule has 0 fully saturated rings. The minimum atomic E-state index is 0.819. The maximum Gasteiger partial charge on any atom is 0.136 e. The molecule has 1 aromatic heterocycles. The van der Waals surface area contributed by atoms with Crippen molar-refractivity contribution in [3.05, 3.63) is 155 Å². The topological polar surface area (TPSA) is 21.3 Å². The molecule has 1 N–H and O–H groups in total. The minimum Gasteiger partial charge on any atom is -0.456 e. The average Bonchev–Trinajstić information content (AvgIpc) is 3.50. The van der Waals surface area contributed by atoms with Gasteiger partial charge in [-0.15, -0.1) is 11.3 Å². The lowest BCUT2D eigenvalue weighted by molar-refractivity contribution is 0.488. The van der Waals surface area contributed by atoms with Gasteiger partial charge in [0.25, 0.3) is 0 Å². The van der Waals surface area contributed by atoms with E-state index in [1.54, 1.807) is 11.3 Å². The van der Waals surface area contributed by atoms with Crippen molar-refractivity contribution in [1.82, 2.24) is 5.32 Å². The second-order valence-corrected chi connectivity index (χ2v) is 12.3. The fourth-order valence-electron chi connectivity index (χ4n) is 6.68. The number of fused-ring (bicyclic) bond motifs is 7. The molecule has 208 valence electrons. The second-order valence-electron chi connectivity index (χ2n) is 11.3. The van der Waals surface area contributed by atoms with Crippen LogP contribution in [0.5, 0.6) is 11.5 Å². The first-order valence-corrected chi connectivity index (χ1v) is 15.8. The van der Waals surface area contributed by atoms with Crippen molar-refractivity contribution < 1.29 is 4.74 Å². The molecule has 2 nitrogen and oxygen atoms in total. The monoisotopic (exact) mass is 581 g/mol. The molecular weight excluding hydrogens is 555 g/mol. The van der Waals surface area contributed by atoms with Gasteiger partial charge in [-0.25, -0.2) is 0 Å². The lowest BCUT2D eigenvalue weighted by Crippen LogP contribution is -2.37. The molecule has 2 aliphatic heterocycles. The summed E-state index contributed by atoms with van der Waals surface area (Å²) in [4.78, 5) is 0. The Balaban J connectivity index is 1.24. The van der Waals surface area contributed by atoms with E-state index in [1.807, 2.05) is 0 Å². The third kappa shape index (κ3) is 4.09. The standard InChI is InChI=1S/C41H27NOS/c1-2-8-26(9-3-1)35-23-30(41-32-11-5-4-10-27(32)18-20-42-41)14-16-31(35)28-15-17-38-36(22-28)33-12-6-7-13-34(33)37-25-40-29(19-21-44-40)24-39(37)43-38/h1-19,21-25,42H,20H2. The van der Waals surface area contributed by atoms with Gasteiger partial charge in [0.05, 0.1) is 0 Å². The molecule has 0 radical (unpaired) electrons. The van der Waals surface area contributed by atoms with Crippen LogP contribution in [0.2, 0.25) is 0 Å². The molecule has 6 aromatic carbocycles. The molecule has 3 heteroatoms. The first-order valence-electron chi connectivity index (χ1n) is 15.0. The SMILES string of the molecule is C1=c2ccccc2=C(c2ccc(-c3ccc4c(c3)-c3ccccc3-c3cc5sccc5cc3O4)c(-c3ccccc3)c2)NC1. The van der Waals surface area contributed by atoms with Gasteiger partial charge in [0.15, 0.2) is 0 Å². The van der Waals surface area contributed by atoms with Gasteiger partial charge in [0.1, 0.15) is 11.5 Å². The first-order chi connectivity index (χ1) is 21.8. The van der Waals surface area contributed by atoms with Gasteiger partial charge in [0, 0.05) is 33.3 Å². The number of nitrogens with one attached hydrogen (secondary N) is 1. The van der Waals surface area contributed by atoms with Crippen LogP contribution in [0.15, 0.2) is 139 Å². The maximum atomic E-state index is 6.69. The van der Waals surface area contributed by atoms with Gasteiger partial charge in [-0.1, -0.05) is 103 Å². The van der Waals surface area contributed by atoms with E-state index in [9.17, 15) is 0 Å². The zero-order chi connectivity index (χ0) is 29.0. The lowest BCUT2D eigenvalue weighted by Gasteiger charge is -2.18. The number of thiophene rings is 1. The maximum absolute atomic E-state index is 6.69. The van der Waals surface area contributed by atoms with Crippen LogP contribution in [0.25, 0.3) is 66.4 Å². The predicted octanol–water partition coefficient (Wildman–Crippen LogP) is 9.22. The van der Waals surface area contributed by atoms with Crippen LogP contribution in [-0.4, -0.2) is 6.54 Å². The third-order valence-electron chi connectivity index (χ3n) is 8.80. The highest BCUT2D eigenvalue weighted by molar-refractivity contribution is 7.17. The molecule has 44 heavy (non-hydrogen) atoms. The van der Waals surface area contributed by atoms with E-state index < -0.39 is 0 Å². The van der Waals surface area contributed by atoms with Crippen LogP contribution in [0.3, 0.4) is 0 Å². The summed E-state index contributed by atoms with van der Waals surface area (Å²) in [6.45, 7) is 0.819. The van der Waals surface area contributed by atoms with E-state index >= 15 is 0 Å². The van der Waals surface area contributed by atoms with Gasteiger partial charge < -0.3 is 10.1 Å². The molecule has 0 atom stereocenters. The zero-order valence-corrected chi connectivity index (χ0v) is 24.7. The summed E-state index contributed by atoms with van der Waals surface area (Å²) in [6, 6.07) is 48.2. The zero-order valence-electron chi connectivity index (χ0n) is 23.9. The predicted molar refractivity (Wildman–Crippen MR) is 184 cm³/mol. The van der Waals surface area contributed by atoms with E-state index in [0.29, 0.717) is 0 Å². The molecular formula is C41H27NOS. The van der Waals surface area contributed by atoms with Gasteiger partial charge in [-0.05, 0) is 91.3 Å². The Morgan fingerprint density at radius 1 is 0.523 bits per heavy atom. The molecule has 0 bridgehead atoms. The Hall–Kier alpha value is -5.38. The molecule has 0 saturated heterocycles. The summed E-state index contributed by atoms with van der Waals surface area (Å²) < 4.78 is 7.96. The first kappa shape index (κ1) is 25.1. The molecule has 7 aromatic rings. The van der Waals surface area contributed by atoms with Crippen LogP contribution in [0.1, 0.15) is 5.56 Å². The smallest absolute Gasteiger partial charge is 0.136 e. The van der Waals surface area contributed by atoms with E-state index in [2.05, 4.69) is 150 Å². The van der Waals surface area contributed by atoms with Gasteiger partial charge in [0.2, 0.25) is 0 Å². The summed E-state index contributed by atoms with van der Waals surface area (Å²) in [7, 11) is 0. The summed E-state index contributed by atoms with van der Waals surface area (Å²) in [5.41, 5.74) is 11.7. The quantitative estimate of drug-likeness (QED) is 0.225. The molecule has 3 heterocycles. The second kappa shape index (κ2) is 10.1. The van der Waals surface area contributed by atoms with E-state index in [-0.39, 0.29) is 0 Å². The Kier molecular flexibility index (Phi) is 5.78. The van der Waals surface area contributed by atoms with Crippen molar-refractivity contribution in [2.75, 3.05) is 6.54 Å². The molecule has 0 spiro atoms. The minimum absolute atomic E-state index is 0.819. The lowest BCUT2D eigenvalue weighted by atomic mass is 9.89. The normalized spacial score (nSPS) is 13.0. The Labute approximate surface area is 259 Å². The average molecular weight is 582 g/mol. The molecule has 2 aliphatic rings. The Morgan fingerprint density at radius 2 is 1.27 bits per heavy atom.